The molecule has 38 heavy (non-hydrogen) atoms. The van der Waals surface area contributed by atoms with Gasteiger partial charge in [-0.05, 0) is 67.5 Å². The quantitative estimate of drug-likeness (QED) is 0.400. The minimum Gasteiger partial charge on any atom is -0.459 e. The van der Waals surface area contributed by atoms with Crippen LogP contribution >= 0.6 is 0 Å². The second-order valence-corrected chi connectivity index (χ2v) is 13.0. The molecule has 2 aliphatic rings. The number of aldehydes is 2. The van der Waals surface area contributed by atoms with Gasteiger partial charge in [-0.1, -0.05) is 0 Å². The Bertz CT molecular complexity index is 1000. The molecule has 0 atom stereocenters. The van der Waals surface area contributed by atoms with Crippen LogP contribution in [-0.4, -0.2) is 79.4 Å². The molecule has 1 aromatic carbocycles. The summed E-state index contributed by atoms with van der Waals surface area (Å²) < 4.78 is 11.5. The summed E-state index contributed by atoms with van der Waals surface area (Å²) in [4.78, 5) is 50.1. The molecule has 0 amide bonds. The van der Waals surface area contributed by atoms with Gasteiger partial charge in [-0.15, -0.1) is 0 Å². The summed E-state index contributed by atoms with van der Waals surface area (Å²) in [7, 11) is 0. The lowest BCUT2D eigenvalue weighted by molar-refractivity contribution is -0.256. The van der Waals surface area contributed by atoms with E-state index < -0.39 is 46.3 Å². The average molecular weight is 533 g/mol. The molecule has 0 saturated carbocycles. The zero-order valence-electron chi connectivity index (χ0n) is 23.5. The highest BCUT2D eigenvalue weighted by Gasteiger charge is 2.48. The minimum absolute atomic E-state index is 0.0809. The number of ether oxygens (including phenoxy) is 2. The van der Waals surface area contributed by atoms with Crippen molar-refractivity contribution in [3.05, 3.63) is 34.4 Å². The van der Waals surface area contributed by atoms with E-state index in [9.17, 15) is 29.6 Å². The van der Waals surface area contributed by atoms with Crippen molar-refractivity contribution in [3.63, 3.8) is 0 Å². The maximum absolute atomic E-state index is 13.2. The first-order valence-electron chi connectivity index (χ1n) is 12.8. The second-order valence-electron chi connectivity index (χ2n) is 13.0. The van der Waals surface area contributed by atoms with Gasteiger partial charge in [0, 0.05) is 59.0 Å². The number of piperidine rings is 2. The van der Waals surface area contributed by atoms with Gasteiger partial charge in [-0.25, -0.2) is 9.59 Å². The lowest BCUT2D eigenvalue weighted by atomic mass is 9.80. The van der Waals surface area contributed by atoms with Crippen molar-refractivity contribution >= 4 is 24.5 Å². The Balaban J connectivity index is 1.88. The van der Waals surface area contributed by atoms with Crippen molar-refractivity contribution in [2.24, 2.45) is 0 Å². The topological polar surface area (TPSA) is 134 Å². The molecule has 2 saturated heterocycles. The third kappa shape index (κ3) is 5.83. The number of hydroxylamine groups is 4. The van der Waals surface area contributed by atoms with E-state index in [1.165, 1.54) is 22.3 Å². The highest BCUT2D eigenvalue weighted by atomic mass is 16.6. The van der Waals surface area contributed by atoms with Gasteiger partial charge in [0.25, 0.3) is 0 Å². The van der Waals surface area contributed by atoms with Crippen LogP contribution in [0.2, 0.25) is 0 Å². The van der Waals surface area contributed by atoms with Crippen molar-refractivity contribution in [2.75, 3.05) is 0 Å². The summed E-state index contributed by atoms with van der Waals surface area (Å²) in [5.74, 6) is -1.62. The molecule has 1 aromatic rings. The van der Waals surface area contributed by atoms with Crippen molar-refractivity contribution in [3.8, 4) is 0 Å². The molecular formula is C28H40N2O8. The molecule has 2 aliphatic heterocycles. The fourth-order valence-electron chi connectivity index (χ4n) is 6.14. The zero-order chi connectivity index (χ0) is 28.8. The summed E-state index contributed by atoms with van der Waals surface area (Å²) >= 11 is 0. The highest BCUT2D eigenvalue weighted by molar-refractivity contribution is 6.05. The number of carbonyl (C=O) groups excluding carboxylic acids is 4. The van der Waals surface area contributed by atoms with Crippen LogP contribution in [0, 0.1) is 0 Å². The predicted molar refractivity (Wildman–Crippen MR) is 138 cm³/mol. The minimum atomic E-state index is -0.808. The number of nitrogens with zero attached hydrogens (tertiary/aromatic N) is 2. The molecule has 10 nitrogen and oxygen atoms in total. The van der Waals surface area contributed by atoms with Crippen LogP contribution in [0.25, 0.3) is 0 Å². The second kappa shape index (κ2) is 10.1. The number of rotatable bonds is 6. The molecule has 0 aliphatic carbocycles. The number of hydrogen-bond acceptors (Lipinski definition) is 10. The highest BCUT2D eigenvalue weighted by Crippen LogP contribution is 2.39. The van der Waals surface area contributed by atoms with Crippen molar-refractivity contribution in [1.82, 2.24) is 10.1 Å². The molecule has 210 valence electrons. The normalized spacial score (nSPS) is 23.4. The molecule has 2 fully saturated rings. The van der Waals surface area contributed by atoms with Gasteiger partial charge in [-0.3, -0.25) is 9.59 Å². The molecule has 0 bridgehead atoms. The van der Waals surface area contributed by atoms with Gasteiger partial charge in [0.2, 0.25) is 0 Å². The summed E-state index contributed by atoms with van der Waals surface area (Å²) in [5.41, 5.74) is -3.12. The summed E-state index contributed by atoms with van der Waals surface area (Å²) in [6.45, 7) is 14.7. The predicted octanol–water partition coefficient (Wildman–Crippen LogP) is 4.45. The fourth-order valence-corrected chi connectivity index (χ4v) is 6.14. The Labute approximate surface area is 223 Å². The van der Waals surface area contributed by atoms with Gasteiger partial charge >= 0.3 is 11.9 Å². The number of hydrogen-bond donors (Lipinski definition) is 2. The third-order valence-corrected chi connectivity index (χ3v) is 7.67. The maximum atomic E-state index is 13.2. The van der Waals surface area contributed by atoms with Crippen LogP contribution in [0.4, 0.5) is 0 Å². The monoisotopic (exact) mass is 532 g/mol. The van der Waals surface area contributed by atoms with Crippen molar-refractivity contribution in [2.45, 2.75) is 115 Å². The molecule has 0 spiro atoms. The smallest absolute Gasteiger partial charge is 0.339 e. The van der Waals surface area contributed by atoms with E-state index in [0.717, 1.165) is 0 Å². The molecule has 0 unspecified atom stereocenters. The molecule has 3 rings (SSSR count). The SMILES string of the molecule is CC1(C)CC(OC(=O)c2cc(C(=O)OC3CC(C)(C)N(O)C(C)(C)C3)c(C=O)cc2C=O)CC(C)(C)N1O. The summed E-state index contributed by atoms with van der Waals surface area (Å²) in [5, 5.41) is 23.6. The van der Waals surface area contributed by atoms with E-state index in [1.54, 1.807) is 0 Å². The number of esters is 2. The first kappa shape index (κ1) is 29.9. The van der Waals surface area contributed by atoms with E-state index in [4.69, 9.17) is 9.47 Å². The van der Waals surface area contributed by atoms with E-state index in [2.05, 4.69) is 0 Å². The van der Waals surface area contributed by atoms with Crippen LogP contribution in [0.1, 0.15) is 123 Å². The first-order valence-corrected chi connectivity index (χ1v) is 12.8. The molecular weight excluding hydrogens is 492 g/mol. The van der Waals surface area contributed by atoms with Crippen molar-refractivity contribution < 1.29 is 39.1 Å². The largest absolute Gasteiger partial charge is 0.459 e. The molecule has 0 aromatic heterocycles. The van der Waals surface area contributed by atoms with E-state index in [0.29, 0.717) is 38.3 Å². The van der Waals surface area contributed by atoms with Crippen molar-refractivity contribution in [1.29, 1.82) is 0 Å². The van der Waals surface area contributed by atoms with Gasteiger partial charge in [0.15, 0.2) is 12.6 Å². The van der Waals surface area contributed by atoms with Gasteiger partial charge in [0.1, 0.15) is 12.2 Å². The zero-order valence-corrected chi connectivity index (χ0v) is 23.5. The van der Waals surface area contributed by atoms with E-state index in [1.807, 2.05) is 55.4 Å². The van der Waals surface area contributed by atoms with Crippen LogP contribution in [0.15, 0.2) is 12.1 Å². The Morgan fingerprint density at radius 1 is 0.684 bits per heavy atom. The number of benzene rings is 1. The van der Waals surface area contributed by atoms with E-state index >= 15 is 0 Å². The first-order chi connectivity index (χ1) is 17.3. The lowest BCUT2D eigenvalue weighted by Gasteiger charge is -2.50. The molecule has 0 radical (unpaired) electrons. The van der Waals surface area contributed by atoms with Gasteiger partial charge < -0.3 is 19.9 Å². The average Bonchev–Trinajstić information content (AvgIpc) is 2.79. The Morgan fingerprint density at radius 3 is 1.24 bits per heavy atom. The Hall–Kier alpha value is -2.66. The standard InChI is InChI=1S/C28H40N2O8/c1-25(2)11-19(12-26(3,4)29(25)35)37-23(33)21-10-22(18(16-32)9-17(21)15-31)24(34)38-20-13-27(5,6)30(36)28(7,8)14-20/h9-10,15-16,19-20,35-36H,11-14H2,1-8H3. The van der Waals surface area contributed by atoms with Gasteiger partial charge in [-0.2, -0.15) is 10.1 Å². The van der Waals surface area contributed by atoms with Crippen LogP contribution in [-0.2, 0) is 9.47 Å². The van der Waals surface area contributed by atoms with E-state index in [-0.39, 0.29) is 22.3 Å². The Morgan fingerprint density at radius 2 is 0.974 bits per heavy atom. The molecule has 2 N–H and O–H groups in total. The summed E-state index contributed by atoms with van der Waals surface area (Å²) in [6.07, 6.45) is 1.18. The van der Waals surface area contributed by atoms with Crippen LogP contribution < -0.4 is 0 Å². The number of carbonyl (C=O) groups is 4. The molecule has 10 heteroatoms. The van der Waals surface area contributed by atoms with Crippen LogP contribution in [0.5, 0.6) is 0 Å². The Kier molecular flexibility index (Phi) is 7.98. The molecule has 2 heterocycles. The van der Waals surface area contributed by atoms with Gasteiger partial charge in [0.05, 0.1) is 11.1 Å². The maximum Gasteiger partial charge on any atom is 0.339 e. The summed E-state index contributed by atoms with van der Waals surface area (Å²) in [6, 6.07) is 2.36. The van der Waals surface area contributed by atoms with Crippen LogP contribution in [0.3, 0.4) is 0 Å². The lowest BCUT2D eigenvalue weighted by Crippen LogP contribution is -2.60. The third-order valence-electron chi connectivity index (χ3n) is 7.67. The fraction of sp³-hybridized carbons (Fsp3) is 0.643.